The van der Waals surface area contributed by atoms with Gasteiger partial charge in [0.15, 0.2) is 0 Å². The molecular weight excluding hydrogens is 169 g/mol. The van der Waals surface area contributed by atoms with Crippen molar-refractivity contribution in [3.05, 3.63) is 23.6 Å². The largest absolute Gasteiger partial charge is 0.481 e. The molecule has 0 amide bonds. The van der Waals surface area contributed by atoms with Gasteiger partial charge < -0.3 is 4.74 Å². The lowest BCUT2D eigenvalue weighted by Gasteiger charge is -2.00. The summed E-state index contributed by atoms with van der Waals surface area (Å²) in [6.07, 6.45) is 0. The van der Waals surface area contributed by atoms with Crippen LogP contribution in [0.2, 0.25) is 0 Å². The highest BCUT2D eigenvalue weighted by Gasteiger charge is 2.02. The number of ether oxygens (including phenoxy) is 1. The molecule has 0 aliphatic carbocycles. The lowest BCUT2D eigenvalue weighted by molar-refractivity contribution is 0.386. The molecule has 4 heteroatoms. The van der Waals surface area contributed by atoms with Crippen molar-refractivity contribution in [2.45, 2.75) is 5.88 Å². The molecule has 0 saturated heterocycles. The van der Waals surface area contributed by atoms with E-state index in [1.54, 1.807) is 12.1 Å². The number of hydrogen-bond donors (Lipinski definition) is 0. The molecule has 11 heavy (non-hydrogen) atoms. The van der Waals surface area contributed by atoms with Crippen molar-refractivity contribution in [2.75, 3.05) is 7.11 Å². The average molecular weight is 176 g/mol. The molecule has 0 fully saturated rings. The summed E-state index contributed by atoms with van der Waals surface area (Å²) in [5.74, 6) is -0.182. The summed E-state index contributed by atoms with van der Waals surface area (Å²) in [7, 11) is 1.43. The Kier molecular flexibility index (Phi) is 2.65. The van der Waals surface area contributed by atoms with Crippen LogP contribution in [0.4, 0.5) is 4.39 Å². The fraction of sp³-hybridized carbons (Fsp3) is 0.286. The molecule has 0 N–H and O–H groups in total. The maximum absolute atomic E-state index is 12.8. The van der Waals surface area contributed by atoms with Crippen molar-refractivity contribution >= 4 is 11.6 Å². The second-order valence-electron chi connectivity index (χ2n) is 1.94. The maximum atomic E-state index is 12.8. The third-order valence-electron chi connectivity index (χ3n) is 1.25. The highest BCUT2D eigenvalue weighted by atomic mass is 35.5. The molecule has 0 atom stereocenters. The normalized spacial score (nSPS) is 9.73. The second kappa shape index (κ2) is 3.53. The van der Waals surface area contributed by atoms with Crippen molar-refractivity contribution in [3.63, 3.8) is 0 Å². The number of pyridine rings is 1. The van der Waals surface area contributed by atoms with E-state index in [-0.39, 0.29) is 11.8 Å². The molecule has 0 unspecified atom stereocenters. The van der Waals surface area contributed by atoms with Gasteiger partial charge in [-0.1, -0.05) is 0 Å². The van der Waals surface area contributed by atoms with Gasteiger partial charge in [-0.3, -0.25) is 0 Å². The van der Waals surface area contributed by atoms with Crippen molar-refractivity contribution < 1.29 is 9.13 Å². The van der Waals surface area contributed by atoms with Crippen molar-refractivity contribution in [1.82, 2.24) is 4.98 Å². The number of rotatable bonds is 2. The van der Waals surface area contributed by atoms with Crippen LogP contribution in [0.5, 0.6) is 5.88 Å². The van der Waals surface area contributed by atoms with E-state index in [0.717, 1.165) is 0 Å². The maximum Gasteiger partial charge on any atom is 0.220 e. The number of halogens is 2. The highest BCUT2D eigenvalue weighted by Crippen LogP contribution is 2.12. The van der Waals surface area contributed by atoms with Crippen LogP contribution in [0.15, 0.2) is 12.1 Å². The smallest absolute Gasteiger partial charge is 0.220 e. The van der Waals surface area contributed by atoms with E-state index in [4.69, 9.17) is 16.3 Å². The van der Waals surface area contributed by atoms with Gasteiger partial charge in [-0.05, 0) is 6.07 Å². The Morgan fingerprint density at radius 1 is 1.64 bits per heavy atom. The summed E-state index contributed by atoms with van der Waals surface area (Å²) in [6, 6.07) is 3.12. The quantitative estimate of drug-likeness (QED) is 0.507. The van der Waals surface area contributed by atoms with E-state index in [2.05, 4.69) is 4.98 Å². The molecule has 0 bridgehead atoms. The van der Waals surface area contributed by atoms with Crippen LogP contribution in [0.3, 0.4) is 0 Å². The molecule has 0 radical (unpaired) electrons. The lowest BCUT2D eigenvalue weighted by atomic mass is 10.3. The molecule has 1 rings (SSSR count). The van der Waals surface area contributed by atoms with E-state index in [0.29, 0.717) is 5.56 Å². The Balaban J connectivity index is 2.99. The number of methoxy groups -OCH3 is 1. The molecule has 0 spiro atoms. The van der Waals surface area contributed by atoms with Gasteiger partial charge in [0.25, 0.3) is 0 Å². The summed E-state index contributed by atoms with van der Waals surface area (Å²) >= 11 is 5.41. The van der Waals surface area contributed by atoms with E-state index < -0.39 is 5.95 Å². The van der Waals surface area contributed by atoms with Gasteiger partial charge in [-0.25, -0.2) is 0 Å². The second-order valence-corrected chi connectivity index (χ2v) is 2.20. The Labute approximate surface area is 69.0 Å². The molecular formula is C7H7ClFNO. The molecule has 1 aromatic rings. The summed E-state index contributed by atoms with van der Waals surface area (Å²) in [5.41, 5.74) is 0.382. The summed E-state index contributed by atoms with van der Waals surface area (Å²) in [5, 5.41) is 0. The van der Waals surface area contributed by atoms with Crippen LogP contribution >= 0.6 is 11.6 Å². The molecule has 2 nitrogen and oxygen atoms in total. The van der Waals surface area contributed by atoms with Gasteiger partial charge in [0.2, 0.25) is 11.8 Å². The van der Waals surface area contributed by atoms with Gasteiger partial charge in [0, 0.05) is 11.6 Å². The first-order chi connectivity index (χ1) is 5.27. The topological polar surface area (TPSA) is 22.1 Å². The van der Waals surface area contributed by atoms with E-state index >= 15 is 0 Å². The number of aromatic nitrogens is 1. The zero-order valence-corrected chi connectivity index (χ0v) is 6.73. The number of nitrogens with zero attached hydrogens (tertiary/aromatic N) is 1. The highest BCUT2D eigenvalue weighted by molar-refractivity contribution is 6.17. The Morgan fingerprint density at radius 2 is 2.36 bits per heavy atom. The first-order valence-electron chi connectivity index (χ1n) is 3.03. The first kappa shape index (κ1) is 8.27. The van der Waals surface area contributed by atoms with Gasteiger partial charge in [-0.2, -0.15) is 9.37 Å². The molecule has 60 valence electrons. The molecule has 0 aliphatic rings. The number of hydrogen-bond acceptors (Lipinski definition) is 2. The summed E-state index contributed by atoms with van der Waals surface area (Å²) in [4.78, 5) is 3.49. The van der Waals surface area contributed by atoms with Gasteiger partial charge >= 0.3 is 0 Å². The van der Waals surface area contributed by atoms with Crippen molar-refractivity contribution in [1.29, 1.82) is 0 Å². The molecule has 0 aliphatic heterocycles. The van der Waals surface area contributed by atoms with Gasteiger partial charge in [0.1, 0.15) is 0 Å². The zero-order chi connectivity index (χ0) is 8.27. The van der Waals surface area contributed by atoms with Crippen LogP contribution in [-0.4, -0.2) is 12.1 Å². The van der Waals surface area contributed by atoms with Crippen LogP contribution in [0.1, 0.15) is 5.56 Å². The summed E-state index contributed by atoms with van der Waals surface area (Å²) < 4.78 is 17.5. The Hall–Kier alpha value is -0.830. The van der Waals surface area contributed by atoms with Crippen molar-refractivity contribution in [3.8, 4) is 5.88 Å². The van der Waals surface area contributed by atoms with E-state index in [1.807, 2.05) is 0 Å². The Bertz CT molecular complexity index is 254. The van der Waals surface area contributed by atoms with Crippen molar-refractivity contribution in [2.24, 2.45) is 0 Å². The third-order valence-corrected chi connectivity index (χ3v) is 1.54. The van der Waals surface area contributed by atoms with Crippen LogP contribution in [0.25, 0.3) is 0 Å². The predicted octanol–water partition coefficient (Wildman–Crippen LogP) is 1.97. The van der Waals surface area contributed by atoms with Gasteiger partial charge in [-0.15, -0.1) is 11.6 Å². The number of alkyl halides is 1. The lowest BCUT2D eigenvalue weighted by Crippen LogP contribution is -1.94. The average Bonchev–Trinajstić information content (AvgIpc) is 2.04. The molecule has 0 saturated carbocycles. The third kappa shape index (κ3) is 1.80. The van der Waals surface area contributed by atoms with E-state index in [9.17, 15) is 4.39 Å². The minimum absolute atomic E-state index is 0.128. The van der Waals surface area contributed by atoms with Crippen LogP contribution in [-0.2, 0) is 5.88 Å². The predicted molar refractivity (Wildman–Crippen MR) is 40.3 cm³/mol. The van der Waals surface area contributed by atoms with Gasteiger partial charge in [0.05, 0.1) is 13.0 Å². The monoisotopic (exact) mass is 175 g/mol. The van der Waals surface area contributed by atoms with Crippen LogP contribution < -0.4 is 4.74 Å². The standard InChI is InChI=1S/C7H7ClFNO/c1-11-6-3-2-5(4-8)7(9)10-6/h2-3H,4H2,1H3. The minimum atomic E-state index is -0.570. The zero-order valence-electron chi connectivity index (χ0n) is 5.97. The Morgan fingerprint density at radius 3 is 2.82 bits per heavy atom. The van der Waals surface area contributed by atoms with Crippen LogP contribution in [0, 0.1) is 5.95 Å². The summed E-state index contributed by atoms with van der Waals surface area (Å²) in [6.45, 7) is 0. The first-order valence-corrected chi connectivity index (χ1v) is 3.56. The SMILES string of the molecule is COc1ccc(CCl)c(F)n1. The molecule has 1 aromatic heterocycles. The fourth-order valence-corrected chi connectivity index (χ4v) is 0.859. The fourth-order valence-electron chi connectivity index (χ4n) is 0.660. The minimum Gasteiger partial charge on any atom is -0.481 e. The molecule has 0 aromatic carbocycles. The molecule has 1 heterocycles. The van der Waals surface area contributed by atoms with E-state index in [1.165, 1.54) is 7.11 Å².